The lowest BCUT2D eigenvalue weighted by atomic mass is 9.80. The van der Waals surface area contributed by atoms with Crippen LogP contribution < -0.4 is 4.90 Å². The van der Waals surface area contributed by atoms with E-state index < -0.39 is 0 Å². The number of aliphatic imine (C=N–C) groups is 1. The van der Waals surface area contributed by atoms with E-state index >= 15 is 0 Å². The summed E-state index contributed by atoms with van der Waals surface area (Å²) in [6.45, 7) is 12.4. The van der Waals surface area contributed by atoms with Gasteiger partial charge in [-0.15, -0.1) is 0 Å². The van der Waals surface area contributed by atoms with Crippen molar-refractivity contribution in [2.24, 2.45) is 4.99 Å². The monoisotopic (exact) mass is 674 g/mol. The molecule has 2 aliphatic carbocycles. The van der Waals surface area contributed by atoms with Gasteiger partial charge in [-0.05, 0) is 119 Å². The topological polar surface area (TPSA) is 28.7 Å². The lowest BCUT2D eigenvalue weighted by Crippen LogP contribution is -2.18. The molecule has 1 aliphatic heterocycles. The minimum Gasteiger partial charge on any atom is -0.456 e. The quantitative estimate of drug-likeness (QED) is 0.176. The Balaban J connectivity index is 1.31. The molecule has 0 spiro atoms. The zero-order chi connectivity index (χ0) is 35.4. The lowest BCUT2D eigenvalue weighted by Gasteiger charge is -2.30. The SMILES string of the molecule is C=C1/C(=C\C(=C/C)C2=NCCC=C2)C(C)(C)c2cc(N(c3cccc(-c4ccccc4)c3)c3cccc4oc5c(c34)CCC=C5)c3ccccc3c21. The summed E-state index contributed by atoms with van der Waals surface area (Å²) in [6, 6.07) is 37.4. The van der Waals surface area contributed by atoms with Crippen LogP contribution in [0.4, 0.5) is 17.1 Å². The molecule has 0 radical (unpaired) electrons. The molecular formula is C49H42N2O. The van der Waals surface area contributed by atoms with Crippen molar-refractivity contribution in [3.63, 3.8) is 0 Å². The van der Waals surface area contributed by atoms with E-state index in [1.807, 2.05) is 0 Å². The van der Waals surface area contributed by atoms with Crippen LogP contribution >= 0.6 is 0 Å². The standard InChI is InChI=1S/C49H42N2O/c1-5-33(42-24-13-14-28-50-42)30-40-32(2)47-38-22-10-9-21-37(38)44(31-41(47)49(40,3)4)51(36-20-15-19-35(29-36)34-17-7-6-8-18-34)43-25-16-27-46-48(43)39-23-11-12-26-45(39)52-46/h5-10,12-13,15-22,24-27,29-31H,2,11,14,23,28H2,1,3-4H3/b33-5+,40-30+. The Morgan fingerprint density at radius 2 is 1.58 bits per heavy atom. The second-order valence-electron chi connectivity index (χ2n) is 14.5. The van der Waals surface area contributed by atoms with E-state index in [1.54, 1.807) is 0 Å². The van der Waals surface area contributed by atoms with Crippen molar-refractivity contribution in [3.8, 4) is 11.1 Å². The average molecular weight is 675 g/mol. The van der Waals surface area contributed by atoms with Crippen LogP contribution in [-0.2, 0) is 11.8 Å². The van der Waals surface area contributed by atoms with Crippen molar-refractivity contribution in [2.75, 3.05) is 11.4 Å². The molecule has 6 aromatic rings. The first-order valence-electron chi connectivity index (χ1n) is 18.5. The maximum atomic E-state index is 6.51. The molecule has 0 fully saturated rings. The number of rotatable bonds is 6. The number of anilines is 3. The predicted molar refractivity (Wildman–Crippen MR) is 221 cm³/mol. The molecule has 3 heteroatoms. The number of aryl methyl sites for hydroxylation is 1. The molecule has 0 saturated heterocycles. The van der Waals surface area contributed by atoms with E-state index in [-0.39, 0.29) is 5.41 Å². The molecule has 0 saturated carbocycles. The third kappa shape index (κ3) is 5.14. The van der Waals surface area contributed by atoms with Gasteiger partial charge in [-0.3, -0.25) is 4.99 Å². The molecule has 0 unspecified atom stereocenters. The number of hydrogen-bond acceptors (Lipinski definition) is 3. The normalized spacial score (nSPS) is 17.1. The summed E-state index contributed by atoms with van der Waals surface area (Å²) in [5, 5.41) is 3.58. The number of fused-ring (bicyclic) bond motifs is 6. The van der Waals surface area contributed by atoms with E-state index in [9.17, 15) is 0 Å². The highest BCUT2D eigenvalue weighted by Crippen LogP contribution is 2.55. The van der Waals surface area contributed by atoms with E-state index in [4.69, 9.17) is 16.0 Å². The zero-order valence-corrected chi connectivity index (χ0v) is 30.1. The Bertz CT molecular complexity index is 2570. The summed E-state index contributed by atoms with van der Waals surface area (Å²) in [5.74, 6) is 0.968. The molecule has 3 nitrogen and oxygen atoms in total. The molecule has 5 aromatic carbocycles. The minimum absolute atomic E-state index is 0.304. The van der Waals surface area contributed by atoms with Crippen LogP contribution in [0, 0.1) is 0 Å². The third-order valence-electron chi connectivity index (χ3n) is 11.1. The molecule has 0 bridgehead atoms. The van der Waals surface area contributed by atoms with Crippen LogP contribution in [0.15, 0.2) is 161 Å². The highest BCUT2D eigenvalue weighted by Gasteiger charge is 2.40. The predicted octanol–water partition coefficient (Wildman–Crippen LogP) is 13.3. The van der Waals surface area contributed by atoms with Gasteiger partial charge >= 0.3 is 0 Å². The number of allylic oxidation sites excluding steroid dienone is 7. The molecule has 0 atom stereocenters. The van der Waals surface area contributed by atoms with Gasteiger partial charge in [-0.25, -0.2) is 0 Å². The molecule has 254 valence electrons. The van der Waals surface area contributed by atoms with Crippen LogP contribution in [0.3, 0.4) is 0 Å². The van der Waals surface area contributed by atoms with Crippen molar-refractivity contribution >= 4 is 56.2 Å². The van der Waals surface area contributed by atoms with E-state index in [2.05, 4.69) is 165 Å². The molecule has 52 heavy (non-hydrogen) atoms. The van der Waals surface area contributed by atoms with Gasteiger partial charge in [0.1, 0.15) is 11.3 Å². The Kier molecular flexibility index (Phi) is 7.81. The zero-order valence-electron chi connectivity index (χ0n) is 30.1. The van der Waals surface area contributed by atoms with Crippen molar-refractivity contribution in [3.05, 3.63) is 174 Å². The fourth-order valence-corrected chi connectivity index (χ4v) is 8.50. The number of dihydropyridines is 1. The minimum atomic E-state index is -0.304. The highest BCUT2D eigenvalue weighted by molar-refractivity contribution is 6.14. The van der Waals surface area contributed by atoms with Gasteiger partial charge in [0.05, 0.1) is 17.1 Å². The van der Waals surface area contributed by atoms with Gasteiger partial charge in [-0.1, -0.05) is 111 Å². The van der Waals surface area contributed by atoms with Gasteiger partial charge in [0, 0.05) is 34.0 Å². The maximum absolute atomic E-state index is 6.51. The fraction of sp³-hybridized carbons (Fsp3) is 0.163. The molecule has 1 aromatic heterocycles. The first kappa shape index (κ1) is 32.0. The lowest BCUT2D eigenvalue weighted by molar-refractivity contribution is 0.595. The smallest absolute Gasteiger partial charge is 0.137 e. The molecule has 0 amide bonds. The van der Waals surface area contributed by atoms with Gasteiger partial charge in [0.15, 0.2) is 0 Å². The van der Waals surface area contributed by atoms with Gasteiger partial charge < -0.3 is 9.32 Å². The van der Waals surface area contributed by atoms with E-state index in [0.29, 0.717) is 0 Å². The van der Waals surface area contributed by atoms with Crippen LogP contribution in [0.25, 0.3) is 44.5 Å². The Morgan fingerprint density at radius 1 is 0.808 bits per heavy atom. The van der Waals surface area contributed by atoms with Crippen LogP contribution in [0.2, 0.25) is 0 Å². The second kappa shape index (κ2) is 12.7. The highest BCUT2D eigenvalue weighted by atomic mass is 16.3. The van der Waals surface area contributed by atoms with Crippen molar-refractivity contribution in [1.29, 1.82) is 0 Å². The molecule has 3 aliphatic rings. The van der Waals surface area contributed by atoms with Crippen molar-refractivity contribution in [1.82, 2.24) is 0 Å². The Labute approximate surface area is 306 Å². The third-order valence-corrected chi connectivity index (χ3v) is 11.1. The maximum Gasteiger partial charge on any atom is 0.137 e. The Hall–Kier alpha value is -5.93. The summed E-state index contributed by atoms with van der Waals surface area (Å²) in [7, 11) is 0. The number of hydrogen-bond donors (Lipinski definition) is 0. The largest absolute Gasteiger partial charge is 0.456 e. The molecule has 9 rings (SSSR count). The average Bonchev–Trinajstić information content (AvgIpc) is 3.66. The summed E-state index contributed by atoms with van der Waals surface area (Å²) >= 11 is 0. The van der Waals surface area contributed by atoms with Gasteiger partial charge in [0.2, 0.25) is 0 Å². The van der Waals surface area contributed by atoms with Crippen LogP contribution in [0.1, 0.15) is 56.1 Å². The summed E-state index contributed by atoms with van der Waals surface area (Å²) in [4.78, 5) is 7.34. The van der Waals surface area contributed by atoms with Crippen molar-refractivity contribution < 1.29 is 4.42 Å². The van der Waals surface area contributed by atoms with E-state index in [1.165, 1.54) is 49.5 Å². The number of nitrogens with zero attached hydrogens (tertiary/aromatic N) is 2. The summed E-state index contributed by atoms with van der Waals surface area (Å²) in [5.41, 5.74) is 14.6. The van der Waals surface area contributed by atoms with Crippen LogP contribution in [-0.4, -0.2) is 12.3 Å². The fourth-order valence-electron chi connectivity index (χ4n) is 8.50. The number of benzene rings is 5. The van der Waals surface area contributed by atoms with E-state index in [0.717, 1.165) is 71.1 Å². The molecular weight excluding hydrogens is 633 g/mol. The summed E-state index contributed by atoms with van der Waals surface area (Å²) < 4.78 is 6.51. The first-order chi connectivity index (χ1) is 25.4. The van der Waals surface area contributed by atoms with Gasteiger partial charge in [0.25, 0.3) is 0 Å². The second-order valence-corrected chi connectivity index (χ2v) is 14.5. The first-order valence-corrected chi connectivity index (χ1v) is 18.5. The summed E-state index contributed by atoms with van der Waals surface area (Å²) in [6.07, 6.45) is 16.2. The molecule has 0 N–H and O–H groups in total. The van der Waals surface area contributed by atoms with Crippen LogP contribution in [0.5, 0.6) is 0 Å². The molecule has 2 heterocycles. The number of furan rings is 1. The Morgan fingerprint density at radius 3 is 2.38 bits per heavy atom. The van der Waals surface area contributed by atoms with Crippen molar-refractivity contribution in [2.45, 2.75) is 45.4 Å². The van der Waals surface area contributed by atoms with Gasteiger partial charge in [-0.2, -0.15) is 0 Å².